The number of oxazole rings is 1. The molecule has 4 rings (SSSR count). The minimum atomic E-state index is -0.907. The molecule has 1 heterocycles. The molecule has 0 aliphatic heterocycles. The predicted molar refractivity (Wildman–Crippen MR) is 109 cm³/mol. The number of rotatable bonds is 5. The Hall–Kier alpha value is -3.12. The Morgan fingerprint density at radius 2 is 1.79 bits per heavy atom. The fraction of sp³-hybridized carbons (Fsp3) is 0.0909. The van der Waals surface area contributed by atoms with Gasteiger partial charge in [-0.1, -0.05) is 58.4 Å². The summed E-state index contributed by atoms with van der Waals surface area (Å²) in [5.74, 6) is 0.390. The molecule has 5 nitrogen and oxygen atoms in total. The van der Waals surface area contributed by atoms with Crippen molar-refractivity contribution in [3.63, 3.8) is 0 Å². The number of esters is 1. The summed E-state index contributed by atoms with van der Waals surface area (Å²) in [5, 5.41) is 0. The van der Waals surface area contributed by atoms with Crippen LogP contribution in [0.2, 0.25) is 0 Å². The molecule has 28 heavy (non-hydrogen) atoms. The molecule has 0 saturated carbocycles. The molecule has 4 aromatic rings. The molecule has 1 atom stereocenters. The smallest absolute Gasteiger partial charge is 0.351 e. The fourth-order valence-corrected chi connectivity index (χ4v) is 3.23. The van der Waals surface area contributed by atoms with Gasteiger partial charge in [-0.15, -0.1) is 0 Å². The van der Waals surface area contributed by atoms with Crippen LogP contribution in [-0.4, -0.2) is 18.1 Å². The van der Waals surface area contributed by atoms with Gasteiger partial charge in [0, 0.05) is 10.0 Å². The van der Waals surface area contributed by atoms with Crippen molar-refractivity contribution in [1.82, 2.24) is 4.98 Å². The molecule has 0 aliphatic carbocycles. The van der Waals surface area contributed by atoms with Crippen molar-refractivity contribution in [2.24, 2.45) is 0 Å². The van der Waals surface area contributed by atoms with E-state index in [2.05, 4.69) is 20.9 Å². The first-order valence-electron chi connectivity index (χ1n) is 8.60. The highest BCUT2D eigenvalue weighted by molar-refractivity contribution is 9.10. The first-order valence-corrected chi connectivity index (χ1v) is 9.40. The van der Waals surface area contributed by atoms with Crippen molar-refractivity contribution in [1.29, 1.82) is 0 Å². The van der Waals surface area contributed by atoms with E-state index in [1.165, 1.54) is 7.11 Å². The number of carbonyl (C=O) groups excluding carboxylic acids is 1. The Bertz CT molecular complexity index is 1090. The summed E-state index contributed by atoms with van der Waals surface area (Å²) in [5.41, 5.74) is 2.75. The van der Waals surface area contributed by atoms with E-state index in [0.717, 1.165) is 9.99 Å². The van der Waals surface area contributed by atoms with Gasteiger partial charge in [-0.2, -0.15) is 0 Å². The van der Waals surface area contributed by atoms with Gasteiger partial charge < -0.3 is 13.9 Å². The highest BCUT2D eigenvalue weighted by Crippen LogP contribution is 2.36. The highest BCUT2D eigenvalue weighted by atomic mass is 79.9. The first-order chi connectivity index (χ1) is 13.7. The van der Waals surface area contributed by atoms with Gasteiger partial charge in [0.05, 0.1) is 12.7 Å². The lowest BCUT2D eigenvalue weighted by molar-refractivity contribution is -0.149. The van der Waals surface area contributed by atoms with Crippen molar-refractivity contribution in [2.45, 2.75) is 6.10 Å². The maximum atomic E-state index is 12.4. The summed E-state index contributed by atoms with van der Waals surface area (Å²) in [6.07, 6.45) is -0.907. The van der Waals surface area contributed by atoms with Crippen LogP contribution in [0.5, 0.6) is 5.75 Å². The maximum absolute atomic E-state index is 12.4. The van der Waals surface area contributed by atoms with Crippen molar-refractivity contribution >= 4 is 33.0 Å². The Balaban J connectivity index is 1.78. The van der Waals surface area contributed by atoms with Gasteiger partial charge in [0.2, 0.25) is 12.0 Å². The molecule has 1 aromatic heterocycles. The van der Waals surface area contributed by atoms with Gasteiger partial charge in [-0.25, -0.2) is 9.78 Å². The largest absolute Gasteiger partial charge is 0.473 e. The van der Waals surface area contributed by atoms with E-state index in [9.17, 15) is 4.79 Å². The number of hydrogen-bond donors (Lipinski definition) is 0. The Morgan fingerprint density at radius 3 is 2.54 bits per heavy atom. The van der Waals surface area contributed by atoms with Gasteiger partial charge in [0.15, 0.2) is 5.58 Å². The van der Waals surface area contributed by atoms with E-state index in [0.29, 0.717) is 28.4 Å². The second-order valence-corrected chi connectivity index (χ2v) is 6.97. The molecule has 0 spiro atoms. The predicted octanol–water partition coefficient (Wildman–Crippen LogP) is 5.55. The molecule has 0 radical (unpaired) electrons. The minimum Gasteiger partial charge on any atom is -0.473 e. The molecule has 0 amide bonds. The van der Waals surface area contributed by atoms with Crippen LogP contribution in [-0.2, 0) is 9.53 Å². The molecule has 0 fully saturated rings. The van der Waals surface area contributed by atoms with E-state index in [4.69, 9.17) is 13.9 Å². The van der Waals surface area contributed by atoms with E-state index in [1.807, 2.05) is 66.7 Å². The lowest BCUT2D eigenvalue weighted by atomic mass is 10.1. The molecule has 1 unspecified atom stereocenters. The SMILES string of the molecule is COC(=O)C(Oc1ccc(Br)cc1-c1nc2ccccc2o1)c1ccccc1. The van der Waals surface area contributed by atoms with E-state index < -0.39 is 12.1 Å². The van der Waals surface area contributed by atoms with Crippen molar-refractivity contribution in [3.8, 4) is 17.2 Å². The quantitative estimate of drug-likeness (QED) is 0.383. The van der Waals surface area contributed by atoms with E-state index >= 15 is 0 Å². The van der Waals surface area contributed by atoms with Gasteiger partial charge in [0.25, 0.3) is 0 Å². The number of methoxy groups -OCH3 is 1. The average molecular weight is 438 g/mol. The molecular weight excluding hydrogens is 422 g/mol. The summed E-state index contributed by atoms with van der Waals surface area (Å²) in [4.78, 5) is 16.9. The molecule has 0 aliphatic rings. The lowest BCUT2D eigenvalue weighted by Gasteiger charge is -2.19. The third-order valence-corrected chi connectivity index (χ3v) is 4.72. The topological polar surface area (TPSA) is 61.6 Å². The molecule has 0 bridgehead atoms. The second-order valence-electron chi connectivity index (χ2n) is 6.06. The fourth-order valence-electron chi connectivity index (χ4n) is 2.87. The summed E-state index contributed by atoms with van der Waals surface area (Å²) >= 11 is 3.47. The molecular formula is C22H16BrNO4. The van der Waals surface area contributed by atoms with Crippen LogP contribution in [0.4, 0.5) is 0 Å². The minimum absolute atomic E-state index is 0.411. The third-order valence-electron chi connectivity index (χ3n) is 4.23. The number of aromatic nitrogens is 1. The molecule has 6 heteroatoms. The number of para-hydroxylation sites is 2. The van der Waals surface area contributed by atoms with E-state index in [1.54, 1.807) is 6.07 Å². The van der Waals surface area contributed by atoms with Crippen LogP contribution >= 0.6 is 15.9 Å². The molecule has 140 valence electrons. The highest BCUT2D eigenvalue weighted by Gasteiger charge is 2.25. The monoisotopic (exact) mass is 437 g/mol. The molecule has 0 N–H and O–H groups in total. The summed E-state index contributed by atoms with van der Waals surface area (Å²) in [7, 11) is 1.34. The van der Waals surface area contributed by atoms with Gasteiger partial charge in [-0.05, 0) is 30.3 Å². The number of ether oxygens (including phenoxy) is 2. The van der Waals surface area contributed by atoms with Crippen molar-refractivity contribution < 1.29 is 18.7 Å². The van der Waals surface area contributed by atoms with Crippen LogP contribution < -0.4 is 4.74 Å². The summed E-state index contributed by atoms with van der Waals surface area (Å²) in [6, 6.07) is 22.2. The van der Waals surface area contributed by atoms with Crippen LogP contribution in [0.1, 0.15) is 11.7 Å². The summed E-state index contributed by atoms with van der Waals surface area (Å²) < 4.78 is 17.8. The van der Waals surface area contributed by atoms with Crippen molar-refractivity contribution in [2.75, 3.05) is 7.11 Å². The third kappa shape index (κ3) is 3.64. The Kier molecular flexibility index (Phi) is 5.12. The zero-order valence-electron chi connectivity index (χ0n) is 15.0. The average Bonchev–Trinajstić information content (AvgIpc) is 3.17. The zero-order chi connectivity index (χ0) is 19.5. The standard InChI is InChI=1S/C22H16BrNO4/c1-26-22(25)20(14-7-3-2-4-8-14)27-18-12-11-15(23)13-16(18)21-24-17-9-5-6-10-19(17)28-21/h2-13,20H,1H3. The number of nitrogens with zero attached hydrogens (tertiary/aromatic N) is 1. The number of fused-ring (bicyclic) bond motifs is 1. The number of carbonyl (C=O) groups is 1. The van der Waals surface area contributed by atoms with E-state index in [-0.39, 0.29) is 0 Å². The maximum Gasteiger partial charge on any atom is 0.351 e. The number of halogens is 1. The Labute approximate surface area is 170 Å². The molecule has 0 saturated heterocycles. The zero-order valence-corrected chi connectivity index (χ0v) is 16.5. The second kappa shape index (κ2) is 7.86. The van der Waals surface area contributed by atoms with Gasteiger partial charge in [-0.3, -0.25) is 0 Å². The van der Waals surface area contributed by atoms with Crippen LogP contribution in [0.3, 0.4) is 0 Å². The molecule has 3 aromatic carbocycles. The van der Waals surface area contributed by atoms with Gasteiger partial charge >= 0.3 is 5.97 Å². The van der Waals surface area contributed by atoms with Crippen LogP contribution in [0.15, 0.2) is 81.7 Å². The number of benzene rings is 3. The Morgan fingerprint density at radius 1 is 1.04 bits per heavy atom. The van der Waals surface area contributed by atoms with Crippen molar-refractivity contribution in [3.05, 3.63) is 82.8 Å². The van der Waals surface area contributed by atoms with Crippen LogP contribution in [0, 0.1) is 0 Å². The first kappa shape index (κ1) is 18.3. The normalized spacial score (nSPS) is 11.9. The van der Waals surface area contributed by atoms with Crippen LogP contribution in [0.25, 0.3) is 22.6 Å². The lowest BCUT2D eigenvalue weighted by Crippen LogP contribution is -2.20. The van der Waals surface area contributed by atoms with Gasteiger partial charge in [0.1, 0.15) is 11.3 Å². The number of hydrogen-bond acceptors (Lipinski definition) is 5. The summed E-state index contributed by atoms with van der Waals surface area (Å²) in [6.45, 7) is 0.